The molecule has 0 saturated carbocycles. The zero-order valence-corrected chi connectivity index (χ0v) is 11.8. The van der Waals surface area contributed by atoms with Gasteiger partial charge in [-0.15, -0.1) is 0 Å². The van der Waals surface area contributed by atoms with Crippen molar-refractivity contribution in [3.8, 4) is 5.75 Å². The first-order valence-electron chi connectivity index (χ1n) is 5.83. The smallest absolute Gasteiger partial charge is 0.335 e. The molecule has 0 aliphatic carbocycles. The fourth-order valence-electron chi connectivity index (χ4n) is 1.78. The van der Waals surface area contributed by atoms with Crippen LogP contribution in [0.3, 0.4) is 0 Å². The summed E-state index contributed by atoms with van der Waals surface area (Å²) in [6.45, 7) is 1.95. The van der Waals surface area contributed by atoms with Gasteiger partial charge in [0.15, 0.2) is 0 Å². The van der Waals surface area contributed by atoms with Gasteiger partial charge in [0.1, 0.15) is 12.4 Å². The maximum Gasteiger partial charge on any atom is 0.335 e. The van der Waals surface area contributed by atoms with Crippen molar-refractivity contribution >= 4 is 23.3 Å². The molecule has 0 amide bonds. The molecule has 20 heavy (non-hydrogen) atoms. The Labute approximate surface area is 120 Å². The second kappa shape index (κ2) is 5.42. The third-order valence-electron chi connectivity index (χ3n) is 2.89. The van der Waals surface area contributed by atoms with Gasteiger partial charge in [0.05, 0.1) is 27.7 Å². The summed E-state index contributed by atoms with van der Waals surface area (Å²) in [5.41, 5.74) is 7.65. The number of anilines is 1. The number of carboxylic acids is 1. The van der Waals surface area contributed by atoms with Crippen LogP contribution >= 0.6 is 11.6 Å². The van der Waals surface area contributed by atoms with Crippen LogP contribution in [0, 0.1) is 6.92 Å². The Kier molecular flexibility index (Phi) is 3.85. The molecule has 0 bridgehead atoms. The van der Waals surface area contributed by atoms with Crippen LogP contribution in [-0.4, -0.2) is 20.9 Å². The van der Waals surface area contributed by atoms with Gasteiger partial charge in [-0.3, -0.25) is 4.68 Å². The van der Waals surface area contributed by atoms with Crippen LogP contribution in [0.15, 0.2) is 18.2 Å². The maximum atomic E-state index is 10.9. The van der Waals surface area contributed by atoms with Gasteiger partial charge in [-0.25, -0.2) is 4.79 Å². The van der Waals surface area contributed by atoms with Crippen molar-refractivity contribution in [1.82, 2.24) is 9.78 Å². The largest absolute Gasteiger partial charge is 0.485 e. The molecule has 2 aromatic rings. The van der Waals surface area contributed by atoms with E-state index in [2.05, 4.69) is 5.10 Å². The van der Waals surface area contributed by atoms with E-state index < -0.39 is 5.97 Å². The first kappa shape index (κ1) is 14.2. The lowest BCUT2D eigenvalue weighted by Gasteiger charge is -2.10. The standard InChI is InChI=1S/C13H14ClN3O3/c1-7-12(14)10(17(2)16-7)6-20-11-5-8(13(18)19)3-4-9(11)15/h3-5H,6,15H2,1-2H3,(H,18,19). The molecule has 6 nitrogen and oxygen atoms in total. The Balaban J connectivity index is 2.22. The number of carboxylic acid groups (broad SMARTS) is 1. The molecule has 0 spiro atoms. The molecule has 0 aliphatic rings. The summed E-state index contributed by atoms with van der Waals surface area (Å²) in [5, 5.41) is 13.6. The number of hydrogen-bond acceptors (Lipinski definition) is 4. The van der Waals surface area contributed by atoms with Crippen molar-refractivity contribution in [2.75, 3.05) is 5.73 Å². The van der Waals surface area contributed by atoms with E-state index >= 15 is 0 Å². The van der Waals surface area contributed by atoms with E-state index in [0.29, 0.717) is 27.8 Å². The Bertz CT molecular complexity index is 667. The van der Waals surface area contributed by atoms with E-state index in [0.717, 1.165) is 0 Å². The molecule has 7 heteroatoms. The highest BCUT2D eigenvalue weighted by atomic mass is 35.5. The van der Waals surface area contributed by atoms with E-state index in [4.69, 9.17) is 27.2 Å². The Morgan fingerprint density at radius 3 is 2.80 bits per heavy atom. The summed E-state index contributed by atoms with van der Waals surface area (Å²) in [6.07, 6.45) is 0. The maximum absolute atomic E-state index is 10.9. The average molecular weight is 296 g/mol. The normalized spacial score (nSPS) is 10.6. The lowest BCUT2D eigenvalue weighted by molar-refractivity contribution is 0.0696. The highest BCUT2D eigenvalue weighted by Crippen LogP contribution is 2.26. The van der Waals surface area contributed by atoms with Crippen molar-refractivity contribution < 1.29 is 14.6 Å². The van der Waals surface area contributed by atoms with Gasteiger partial charge >= 0.3 is 5.97 Å². The number of nitrogen functional groups attached to an aromatic ring is 1. The number of rotatable bonds is 4. The molecule has 3 N–H and O–H groups in total. The molecule has 0 atom stereocenters. The zero-order chi connectivity index (χ0) is 14.9. The zero-order valence-electron chi connectivity index (χ0n) is 11.1. The third kappa shape index (κ3) is 2.70. The molecule has 1 aromatic heterocycles. The van der Waals surface area contributed by atoms with Crippen molar-refractivity contribution in [2.45, 2.75) is 13.5 Å². The highest BCUT2D eigenvalue weighted by Gasteiger charge is 2.13. The van der Waals surface area contributed by atoms with Crippen molar-refractivity contribution in [2.24, 2.45) is 7.05 Å². The lowest BCUT2D eigenvalue weighted by atomic mass is 10.2. The SMILES string of the molecule is Cc1nn(C)c(COc2cc(C(=O)O)ccc2N)c1Cl. The van der Waals surface area contributed by atoms with Crippen LogP contribution in [0.2, 0.25) is 5.02 Å². The van der Waals surface area contributed by atoms with Crippen LogP contribution < -0.4 is 10.5 Å². The monoisotopic (exact) mass is 295 g/mol. The van der Waals surface area contributed by atoms with E-state index in [1.165, 1.54) is 18.2 Å². The van der Waals surface area contributed by atoms with Gasteiger partial charge in [0, 0.05) is 7.05 Å². The minimum absolute atomic E-state index is 0.112. The minimum atomic E-state index is -1.04. The predicted molar refractivity (Wildman–Crippen MR) is 75.1 cm³/mol. The number of carbonyl (C=O) groups is 1. The van der Waals surface area contributed by atoms with Gasteiger partial charge < -0.3 is 15.6 Å². The number of aryl methyl sites for hydroxylation is 2. The van der Waals surface area contributed by atoms with Gasteiger partial charge in [-0.1, -0.05) is 11.6 Å². The number of aromatic nitrogens is 2. The fourth-order valence-corrected chi connectivity index (χ4v) is 1.99. The van der Waals surface area contributed by atoms with Crippen molar-refractivity contribution in [3.63, 3.8) is 0 Å². The number of nitrogens with zero attached hydrogens (tertiary/aromatic N) is 2. The second-order valence-electron chi connectivity index (χ2n) is 4.32. The predicted octanol–water partition coefficient (Wildman–Crippen LogP) is 2.24. The van der Waals surface area contributed by atoms with Crippen LogP contribution in [0.1, 0.15) is 21.7 Å². The van der Waals surface area contributed by atoms with Crippen molar-refractivity contribution in [3.05, 3.63) is 40.2 Å². The molecule has 2 rings (SSSR count). The Morgan fingerprint density at radius 1 is 1.55 bits per heavy atom. The number of benzene rings is 1. The van der Waals surface area contributed by atoms with Gasteiger partial charge in [-0.2, -0.15) is 5.10 Å². The molecule has 0 fully saturated rings. The van der Waals surface area contributed by atoms with E-state index in [9.17, 15) is 4.79 Å². The quantitative estimate of drug-likeness (QED) is 0.844. The van der Waals surface area contributed by atoms with Gasteiger partial charge in [0.2, 0.25) is 0 Å². The van der Waals surface area contributed by atoms with Crippen LogP contribution in [0.4, 0.5) is 5.69 Å². The van der Waals surface area contributed by atoms with Crippen LogP contribution in [0.25, 0.3) is 0 Å². The van der Waals surface area contributed by atoms with Gasteiger partial charge in [0.25, 0.3) is 0 Å². The summed E-state index contributed by atoms with van der Waals surface area (Å²) in [4.78, 5) is 10.9. The van der Waals surface area contributed by atoms with E-state index in [1.807, 2.05) is 0 Å². The first-order chi connectivity index (χ1) is 9.40. The van der Waals surface area contributed by atoms with E-state index in [-0.39, 0.29) is 12.2 Å². The molecule has 0 unspecified atom stereocenters. The number of ether oxygens (including phenoxy) is 1. The highest BCUT2D eigenvalue weighted by molar-refractivity contribution is 6.31. The Morgan fingerprint density at radius 2 is 2.25 bits per heavy atom. The second-order valence-corrected chi connectivity index (χ2v) is 4.69. The number of halogens is 1. The number of nitrogens with two attached hydrogens (primary N) is 1. The number of hydrogen-bond donors (Lipinski definition) is 2. The minimum Gasteiger partial charge on any atom is -0.485 e. The molecule has 106 valence electrons. The summed E-state index contributed by atoms with van der Waals surface area (Å²) < 4.78 is 7.17. The molecular weight excluding hydrogens is 282 g/mol. The third-order valence-corrected chi connectivity index (χ3v) is 3.38. The molecule has 0 aliphatic heterocycles. The number of aromatic carboxylic acids is 1. The topological polar surface area (TPSA) is 90.4 Å². The van der Waals surface area contributed by atoms with Crippen molar-refractivity contribution in [1.29, 1.82) is 0 Å². The molecule has 1 aromatic carbocycles. The summed E-state index contributed by atoms with van der Waals surface area (Å²) in [6, 6.07) is 4.30. The Hall–Kier alpha value is -2.21. The van der Waals surface area contributed by atoms with E-state index in [1.54, 1.807) is 18.7 Å². The first-order valence-corrected chi connectivity index (χ1v) is 6.21. The molecular formula is C13H14ClN3O3. The van der Waals surface area contributed by atoms with Crippen LogP contribution in [0.5, 0.6) is 5.75 Å². The lowest BCUT2D eigenvalue weighted by Crippen LogP contribution is -2.06. The summed E-state index contributed by atoms with van der Waals surface area (Å²) >= 11 is 6.11. The van der Waals surface area contributed by atoms with Gasteiger partial charge in [-0.05, 0) is 25.1 Å². The van der Waals surface area contributed by atoms with Crippen LogP contribution in [-0.2, 0) is 13.7 Å². The molecule has 1 heterocycles. The average Bonchev–Trinajstić information content (AvgIpc) is 2.63. The summed E-state index contributed by atoms with van der Waals surface area (Å²) in [7, 11) is 1.76. The molecule has 0 saturated heterocycles. The summed E-state index contributed by atoms with van der Waals surface area (Å²) in [5.74, 6) is -0.732. The molecule has 0 radical (unpaired) electrons. The fraction of sp³-hybridized carbons (Fsp3) is 0.231.